The zero-order valence-corrected chi connectivity index (χ0v) is 15.7. The van der Waals surface area contributed by atoms with E-state index in [2.05, 4.69) is 18.7 Å². The molecular weight excluding hydrogens is 314 g/mol. The van der Waals surface area contributed by atoms with Crippen molar-refractivity contribution in [2.75, 3.05) is 19.6 Å². The lowest BCUT2D eigenvalue weighted by Gasteiger charge is -2.45. The van der Waals surface area contributed by atoms with E-state index in [9.17, 15) is 15.0 Å². The summed E-state index contributed by atoms with van der Waals surface area (Å²) in [6.45, 7) is 6.64. The van der Waals surface area contributed by atoms with Gasteiger partial charge < -0.3 is 15.1 Å². The van der Waals surface area contributed by atoms with Crippen LogP contribution in [0.5, 0.6) is 0 Å². The van der Waals surface area contributed by atoms with E-state index < -0.39 is 17.0 Å². The smallest absolute Gasteiger partial charge is 0.317 e. The molecule has 25 heavy (non-hydrogen) atoms. The van der Waals surface area contributed by atoms with Crippen molar-refractivity contribution in [1.82, 2.24) is 4.90 Å². The molecular formula is C21H33NO3. The summed E-state index contributed by atoms with van der Waals surface area (Å²) in [4.78, 5) is 14.9. The Morgan fingerprint density at radius 1 is 1.08 bits per heavy atom. The van der Waals surface area contributed by atoms with Gasteiger partial charge in [0.2, 0.25) is 0 Å². The van der Waals surface area contributed by atoms with E-state index in [0.717, 1.165) is 44.3 Å². The molecule has 1 aliphatic carbocycles. The second-order valence-corrected chi connectivity index (χ2v) is 7.30. The normalized spacial score (nSPS) is 20.0. The number of carboxylic acid groups (broad SMARTS) is 1. The van der Waals surface area contributed by atoms with Gasteiger partial charge >= 0.3 is 5.97 Å². The monoisotopic (exact) mass is 347 g/mol. The second kappa shape index (κ2) is 8.81. The van der Waals surface area contributed by atoms with Crippen LogP contribution in [0.1, 0.15) is 64.4 Å². The lowest BCUT2D eigenvalue weighted by Crippen LogP contribution is -2.58. The van der Waals surface area contributed by atoms with Gasteiger partial charge in [-0.05, 0) is 44.5 Å². The molecule has 0 saturated heterocycles. The average Bonchev–Trinajstić information content (AvgIpc) is 2.85. The molecule has 0 spiro atoms. The standard InChI is InChI=1S/C21H33NO3/c1-3-22(4-2)17-16-21(19(23)24,18-12-8-7-9-13-18)20(25)14-10-5-6-11-15-20/h7-9,12-13,25H,3-6,10-11,14-17H2,1-2H3,(H,23,24)/t21-/m1/s1. The molecule has 4 nitrogen and oxygen atoms in total. The lowest BCUT2D eigenvalue weighted by molar-refractivity contribution is -0.160. The maximum Gasteiger partial charge on any atom is 0.317 e. The van der Waals surface area contributed by atoms with E-state index in [1.807, 2.05) is 30.3 Å². The fraction of sp³-hybridized carbons (Fsp3) is 0.667. The molecule has 140 valence electrons. The Bertz CT molecular complexity index is 533. The maximum atomic E-state index is 12.6. The molecule has 0 amide bonds. The minimum absolute atomic E-state index is 0.435. The number of benzene rings is 1. The third-order valence-corrected chi connectivity index (χ3v) is 6.05. The molecule has 4 heteroatoms. The largest absolute Gasteiger partial charge is 0.480 e. The summed E-state index contributed by atoms with van der Waals surface area (Å²) in [5, 5.41) is 22.0. The number of aliphatic hydroxyl groups is 1. The molecule has 1 aliphatic rings. The number of carboxylic acids is 1. The lowest BCUT2D eigenvalue weighted by atomic mass is 9.62. The Morgan fingerprint density at radius 3 is 2.12 bits per heavy atom. The van der Waals surface area contributed by atoms with Crippen LogP contribution in [0.2, 0.25) is 0 Å². The van der Waals surface area contributed by atoms with Gasteiger partial charge in [0.1, 0.15) is 5.41 Å². The summed E-state index contributed by atoms with van der Waals surface area (Å²) in [5.41, 5.74) is -1.70. The molecule has 2 N–H and O–H groups in total. The average molecular weight is 347 g/mol. The van der Waals surface area contributed by atoms with Crippen LogP contribution in [0.4, 0.5) is 0 Å². The van der Waals surface area contributed by atoms with Crippen molar-refractivity contribution in [3.8, 4) is 0 Å². The zero-order chi connectivity index (χ0) is 18.3. The highest BCUT2D eigenvalue weighted by Crippen LogP contribution is 2.46. The minimum Gasteiger partial charge on any atom is -0.480 e. The maximum absolute atomic E-state index is 12.6. The Hall–Kier alpha value is -1.39. The highest BCUT2D eigenvalue weighted by Gasteiger charge is 2.56. The van der Waals surface area contributed by atoms with Crippen molar-refractivity contribution in [2.45, 2.75) is 69.8 Å². The van der Waals surface area contributed by atoms with Crippen LogP contribution in [0.15, 0.2) is 30.3 Å². The molecule has 1 aromatic carbocycles. The van der Waals surface area contributed by atoms with Crippen molar-refractivity contribution >= 4 is 5.97 Å². The van der Waals surface area contributed by atoms with Gasteiger partial charge in [-0.25, -0.2) is 0 Å². The van der Waals surface area contributed by atoms with E-state index in [-0.39, 0.29) is 0 Å². The fourth-order valence-electron chi connectivity index (χ4n) is 4.40. The highest BCUT2D eigenvalue weighted by atomic mass is 16.4. The van der Waals surface area contributed by atoms with Gasteiger partial charge in [0, 0.05) is 0 Å². The first-order valence-corrected chi connectivity index (χ1v) is 9.74. The number of rotatable bonds is 8. The summed E-state index contributed by atoms with van der Waals surface area (Å²) in [5.74, 6) is -0.893. The Labute approximate surface area is 151 Å². The summed E-state index contributed by atoms with van der Waals surface area (Å²) in [7, 11) is 0. The Balaban J connectivity index is 2.49. The Kier molecular flexibility index (Phi) is 7.03. The van der Waals surface area contributed by atoms with Crippen molar-refractivity contribution in [3.63, 3.8) is 0 Å². The van der Waals surface area contributed by atoms with Gasteiger partial charge in [0.15, 0.2) is 0 Å². The van der Waals surface area contributed by atoms with Crippen molar-refractivity contribution < 1.29 is 15.0 Å². The third-order valence-electron chi connectivity index (χ3n) is 6.05. The zero-order valence-electron chi connectivity index (χ0n) is 15.7. The van der Waals surface area contributed by atoms with Crippen molar-refractivity contribution in [2.24, 2.45) is 0 Å². The first-order chi connectivity index (χ1) is 12.0. The van der Waals surface area contributed by atoms with Crippen LogP contribution in [0, 0.1) is 0 Å². The predicted molar refractivity (Wildman–Crippen MR) is 101 cm³/mol. The fourth-order valence-corrected chi connectivity index (χ4v) is 4.40. The van der Waals surface area contributed by atoms with Crippen LogP contribution in [-0.2, 0) is 10.2 Å². The molecule has 1 atom stereocenters. The van der Waals surface area contributed by atoms with Gasteiger partial charge in [0.25, 0.3) is 0 Å². The van der Waals surface area contributed by atoms with Gasteiger partial charge in [-0.1, -0.05) is 69.9 Å². The van der Waals surface area contributed by atoms with Gasteiger partial charge in [-0.3, -0.25) is 4.79 Å². The molecule has 0 bridgehead atoms. The molecule has 0 aromatic heterocycles. The van der Waals surface area contributed by atoms with Gasteiger partial charge in [-0.15, -0.1) is 0 Å². The molecule has 0 unspecified atom stereocenters. The number of nitrogens with zero attached hydrogens (tertiary/aromatic N) is 1. The quantitative estimate of drug-likeness (QED) is 0.702. The SMILES string of the molecule is CCN(CC)CC[C@](C(=O)O)(c1ccccc1)C1(O)CCCCCC1. The van der Waals surface area contributed by atoms with Crippen molar-refractivity contribution in [3.05, 3.63) is 35.9 Å². The van der Waals surface area contributed by atoms with E-state index in [1.165, 1.54) is 0 Å². The first kappa shape index (κ1) is 19.9. The van der Waals surface area contributed by atoms with Crippen LogP contribution in [0.25, 0.3) is 0 Å². The third kappa shape index (κ3) is 4.06. The minimum atomic E-state index is -1.25. The first-order valence-electron chi connectivity index (χ1n) is 9.74. The number of hydrogen-bond donors (Lipinski definition) is 2. The second-order valence-electron chi connectivity index (χ2n) is 7.30. The Morgan fingerprint density at radius 2 is 1.64 bits per heavy atom. The highest BCUT2D eigenvalue weighted by molar-refractivity contribution is 5.83. The molecule has 1 aromatic rings. The molecule has 2 rings (SSSR count). The van der Waals surface area contributed by atoms with E-state index in [0.29, 0.717) is 25.8 Å². The van der Waals surface area contributed by atoms with Crippen LogP contribution < -0.4 is 0 Å². The summed E-state index contributed by atoms with van der Waals surface area (Å²) in [6, 6.07) is 9.41. The van der Waals surface area contributed by atoms with E-state index in [1.54, 1.807) is 0 Å². The van der Waals surface area contributed by atoms with Gasteiger partial charge in [-0.2, -0.15) is 0 Å². The molecule has 0 heterocycles. The van der Waals surface area contributed by atoms with Crippen molar-refractivity contribution in [1.29, 1.82) is 0 Å². The molecule has 1 fully saturated rings. The number of aliphatic carboxylic acids is 1. The van der Waals surface area contributed by atoms with Gasteiger partial charge in [0.05, 0.1) is 5.60 Å². The van der Waals surface area contributed by atoms with E-state index >= 15 is 0 Å². The number of carbonyl (C=O) groups is 1. The van der Waals surface area contributed by atoms with Crippen LogP contribution >= 0.6 is 0 Å². The van der Waals surface area contributed by atoms with E-state index in [4.69, 9.17) is 0 Å². The molecule has 0 radical (unpaired) electrons. The van der Waals surface area contributed by atoms with Crippen LogP contribution in [0.3, 0.4) is 0 Å². The van der Waals surface area contributed by atoms with Crippen LogP contribution in [-0.4, -0.2) is 46.3 Å². The molecule has 1 saturated carbocycles. The summed E-state index contributed by atoms with van der Waals surface area (Å²) >= 11 is 0. The summed E-state index contributed by atoms with van der Waals surface area (Å²) in [6.07, 6.45) is 5.49. The predicted octanol–water partition coefficient (Wildman–Crippen LogP) is 3.83. The summed E-state index contributed by atoms with van der Waals surface area (Å²) < 4.78 is 0. The number of hydrogen-bond acceptors (Lipinski definition) is 3. The topological polar surface area (TPSA) is 60.8 Å². The molecule has 0 aliphatic heterocycles.